The number of anilines is 1. The van der Waals surface area contributed by atoms with Crippen molar-refractivity contribution in [3.8, 4) is 0 Å². The second-order valence-corrected chi connectivity index (χ2v) is 10.4. The van der Waals surface area contributed by atoms with Gasteiger partial charge in [0.1, 0.15) is 11.7 Å². The molecule has 0 saturated heterocycles. The van der Waals surface area contributed by atoms with Crippen LogP contribution in [0.2, 0.25) is 5.02 Å². The number of nitrogens with zero attached hydrogens (tertiary/aromatic N) is 2. The maximum Gasteiger partial charge on any atom is 0.260 e. The van der Waals surface area contributed by atoms with Crippen LogP contribution in [-0.4, -0.2) is 17.9 Å². The fourth-order valence-corrected chi connectivity index (χ4v) is 6.27. The second kappa shape index (κ2) is 9.51. The lowest BCUT2D eigenvalue weighted by Gasteiger charge is -2.50. The number of aldehydes is 1. The van der Waals surface area contributed by atoms with E-state index in [1.807, 2.05) is 91.9 Å². The van der Waals surface area contributed by atoms with E-state index in [0.717, 1.165) is 17.4 Å². The molecule has 0 fully saturated rings. The third kappa shape index (κ3) is 3.72. The molecule has 1 spiro atoms. The monoisotopic (exact) mass is 496 g/mol. The maximum atomic E-state index is 14.8. The molecule has 182 valence electrons. The lowest BCUT2D eigenvalue weighted by Crippen LogP contribution is -2.53. The fraction of sp³-hybridized carbons (Fsp3) is 0.258. The number of halogens is 1. The smallest absolute Gasteiger partial charge is 0.260 e. The Bertz CT molecular complexity index is 1330. The van der Waals surface area contributed by atoms with Gasteiger partial charge >= 0.3 is 0 Å². The van der Waals surface area contributed by atoms with E-state index >= 15 is 0 Å². The standard InChI is InChI=1S/C31H29ClN2O2/c1-20(2)27-18-24(19-35)28(22-10-6-4-7-11-22)31(29(27)23-14-16-25(32)17-15-23)21(3)33-34(30(31)36)26-12-8-5-9-13-26/h4-20,27-29H,1-3H3/t27-,28-,29-,31+/m1/s1. The van der Waals surface area contributed by atoms with Crippen LogP contribution >= 0.6 is 11.6 Å². The Morgan fingerprint density at radius 3 is 2.11 bits per heavy atom. The number of amides is 1. The van der Waals surface area contributed by atoms with Crippen LogP contribution < -0.4 is 5.01 Å². The first-order valence-electron chi connectivity index (χ1n) is 12.3. The zero-order valence-corrected chi connectivity index (χ0v) is 21.4. The molecule has 3 aromatic carbocycles. The summed E-state index contributed by atoms with van der Waals surface area (Å²) in [6, 6.07) is 27.1. The Morgan fingerprint density at radius 1 is 0.917 bits per heavy atom. The first-order valence-corrected chi connectivity index (χ1v) is 12.7. The first kappa shape index (κ1) is 24.2. The van der Waals surface area contributed by atoms with Crippen molar-refractivity contribution in [1.82, 2.24) is 0 Å². The summed E-state index contributed by atoms with van der Waals surface area (Å²) in [6.07, 6.45) is 3.02. The molecule has 0 saturated carbocycles. The van der Waals surface area contributed by atoms with E-state index in [1.165, 1.54) is 5.01 Å². The number of carbonyl (C=O) groups is 2. The van der Waals surface area contributed by atoms with Crippen LogP contribution in [0.25, 0.3) is 0 Å². The molecule has 0 bridgehead atoms. The molecule has 3 aromatic rings. The van der Waals surface area contributed by atoms with Crippen molar-refractivity contribution >= 4 is 35.2 Å². The Morgan fingerprint density at radius 2 is 1.53 bits per heavy atom. The number of benzene rings is 3. The zero-order valence-electron chi connectivity index (χ0n) is 20.6. The van der Waals surface area contributed by atoms with Gasteiger partial charge in [-0.2, -0.15) is 10.1 Å². The van der Waals surface area contributed by atoms with Gasteiger partial charge in [-0.15, -0.1) is 0 Å². The highest BCUT2D eigenvalue weighted by Crippen LogP contribution is 2.61. The molecule has 36 heavy (non-hydrogen) atoms. The Hall–Kier alpha value is -3.50. The Balaban J connectivity index is 1.84. The van der Waals surface area contributed by atoms with Crippen LogP contribution in [0.4, 0.5) is 5.69 Å². The Kier molecular flexibility index (Phi) is 6.40. The van der Waals surface area contributed by atoms with E-state index in [9.17, 15) is 9.59 Å². The van der Waals surface area contributed by atoms with E-state index in [2.05, 4.69) is 19.9 Å². The fourth-order valence-electron chi connectivity index (χ4n) is 6.14. The van der Waals surface area contributed by atoms with E-state index in [1.54, 1.807) is 0 Å². The number of para-hydroxylation sites is 1. The largest absolute Gasteiger partial charge is 0.298 e. The average Bonchev–Trinajstić information content (AvgIpc) is 3.15. The molecule has 2 aliphatic rings. The van der Waals surface area contributed by atoms with Gasteiger partial charge in [0.25, 0.3) is 5.91 Å². The van der Waals surface area contributed by atoms with Gasteiger partial charge in [0.05, 0.1) is 11.4 Å². The van der Waals surface area contributed by atoms with E-state index in [0.29, 0.717) is 22.0 Å². The van der Waals surface area contributed by atoms with Crippen molar-refractivity contribution < 1.29 is 9.59 Å². The average molecular weight is 497 g/mol. The maximum absolute atomic E-state index is 14.8. The summed E-state index contributed by atoms with van der Waals surface area (Å²) in [6.45, 7) is 6.22. The third-order valence-corrected chi connectivity index (χ3v) is 7.96. The molecule has 0 unspecified atom stereocenters. The SMILES string of the molecule is CC1=NN(c2ccccc2)C(=O)[C@@]12[C@H](c1ccc(Cl)cc1)[C@@H](C(C)C)C=C(C=O)[C@H]2c1ccccc1. The van der Waals surface area contributed by atoms with E-state index < -0.39 is 11.3 Å². The summed E-state index contributed by atoms with van der Waals surface area (Å²) >= 11 is 6.27. The molecular formula is C31H29ClN2O2. The van der Waals surface area contributed by atoms with Gasteiger partial charge in [0.2, 0.25) is 0 Å². The lowest BCUT2D eigenvalue weighted by molar-refractivity contribution is -0.126. The Labute approximate surface area is 217 Å². The van der Waals surface area contributed by atoms with Gasteiger partial charge in [-0.3, -0.25) is 9.59 Å². The van der Waals surface area contributed by atoms with Crippen molar-refractivity contribution in [2.24, 2.45) is 22.4 Å². The van der Waals surface area contributed by atoms with E-state index in [-0.39, 0.29) is 23.7 Å². The summed E-state index contributed by atoms with van der Waals surface area (Å²) < 4.78 is 0. The summed E-state index contributed by atoms with van der Waals surface area (Å²) in [5, 5.41) is 7.05. The number of rotatable bonds is 5. The number of hydrazone groups is 1. The molecule has 1 aliphatic carbocycles. The number of allylic oxidation sites excluding steroid dienone is 2. The zero-order chi connectivity index (χ0) is 25.4. The molecule has 0 N–H and O–H groups in total. The van der Waals surface area contributed by atoms with Crippen LogP contribution in [0.3, 0.4) is 0 Å². The molecule has 1 heterocycles. The first-order chi connectivity index (χ1) is 17.4. The number of hydrogen-bond acceptors (Lipinski definition) is 3. The minimum absolute atomic E-state index is 0.0591. The normalized spacial score (nSPS) is 25.8. The van der Waals surface area contributed by atoms with Crippen LogP contribution in [-0.2, 0) is 9.59 Å². The summed E-state index contributed by atoms with van der Waals surface area (Å²) in [4.78, 5) is 27.5. The van der Waals surface area contributed by atoms with Crippen molar-refractivity contribution in [1.29, 1.82) is 0 Å². The molecule has 5 heteroatoms. The molecular weight excluding hydrogens is 468 g/mol. The van der Waals surface area contributed by atoms with Crippen molar-refractivity contribution in [3.63, 3.8) is 0 Å². The molecule has 1 aliphatic heterocycles. The predicted octanol–water partition coefficient (Wildman–Crippen LogP) is 7.03. The molecule has 5 rings (SSSR count). The minimum Gasteiger partial charge on any atom is -0.298 e. The van der Waals surface area contributed by atoms with Gasteiger partial charge in [0.15, 0.2) is 0 Å². The summed E-state index contributed by atoms with van der Waals surface area (Å²) in [5.74, 6) is -0.708. The second-order valence-electron chi connectivity index (χ2n) is 9.99. The van der Waals surface area contributed by atoms with Crippen LogP contribution in [0.1, 0.15) is 43.7 Å². The topological polar surface area (TPSA) is 49.7 Å². The molecule has 0 radical (unpaired) electrons. The minimum atomic E-state index is -1.08. The highest BCUT2D eigenvalue weighted by Gasteiger charge is 2.64. The van der Waals surface area contributed by atoms with Crippen molar-refractivity contribution in [2.45, 2.75) is 32.6 Å². The number of carbonyl (C=O) groups excluding carboxylic acids is 2. The van der Waals surface area contributed by atoms with Crippen molar-refractivity contribution in [3.05, 3.63) is 113 Å². The predicted molar refractivity (Wildman–Crippen MR) is 145 cm³/mol. The lowest BCUT2D eigenvalue weighted by atomic mass is 9.50. The van der Waals surface area contributed by atoms with E-state index in [4.69, 9.17) is 16.7 Å². The van der Waals surface area contributed by atoms with Gasteiger partial charge in [-0.1, -0.05) is 92.2 Å². The molecule has 4 nitrogen and oxygen atoms in total. The van der Waals surface area contributed by atoms with Gasteiger partial charge in [0, 0.05) is 16.9 Å². The van der Waals surface area contributed by atoms with Gasteiger partial charge in [-0.25, -0.2) is 0 Å². The van der Waals surface area contributed by atoms with Gasteiger partial charge in [-0.05, 0) is 59.7 Å². The van der Waals surface area contributed by atoms with Crippen LogP contribution in [0, 0.1) is 17.3 Å². The summed E-state index contributed by atoms with van der Waals surface area (Å²) in [7, 11) is 0. The summed E-state index contributed by atoms with van der Waals surface area (Å²) in [5.41, 5.74) is 2.91. The molecule has 4 atom stereocenters. The van der Waals surface area contributed by atoms with Crippen LogP contribution in [0.5, 0.6) is 0 Å². The highest BCUT2D eigenvalue weighted by molar-refractivity contribution is 6.30. The van der Waals surface area contributed by atoms with Crippen LogP contribution in [0.15, 0.2) is 102 Å². The molecule has 0 aromatic heterocycles. The molecule has 1 amide bonds. The third-order valence-electron chi connectivity index (χ3n) is 7.71. The van der Waals surface area contributed by atoms with Gasteiger partial charge < -0.3 is 0 Å². The highest BCUT2D eigenvalue weighted by atomic mass is 35.5. The van der Waals surface area contributed by atoms with Crippen molar-refractivity contribution in [2.75, 3.05) is 5.01 Å². The number of hydrogen-bond donors (Lipinski definition) is 0. The quantitative estimate of drug-likeness (QED) is 0.356.